The third kappa shape index (κ3) is 4.03. The summed E-state index contributed by atoms with van der Waals surface area (Å²) in [4.78, 5) is 40.5. The lowest BCUT2D eigenvalue weighted by Gasteiger charge is -2.42. The van der Waals surface area contributed by atoms with E-state index in [1.807, 2.05) is 13.0 Å². The second kappa shape index (κ2) is 10.7. The molecule has 3 heterocycles. The maximum absolute atomic E-state index is 14.3. The van der Waals surface area contributed by atoms with Gasteiger partial charge in [-0.3, -0.25) is 9.59 Å². The zero-order valence-corrected chi connectivity index (χ0v) is 26.5. The molecule has 13 heteroatoms. The molecule has 0 aromatic heterocycles. The number of fused-ring (bicyclic) bond motifs is 7. The molecule has 1 unspecified atom stereocenters. The van der Waals surface area contributed by atoms with Gasteiger partial charge in [0.1, 0.15) is 42.4 Å². The smallest absolute Gasteiger partial charge is 0.497 e. The molecule has 2 aromatic carbocycles. The fourth-order valence-electron chi connectivity index (χ4n) is 8.40. The molecular formula is C35H35NO12. The van der Waals surface area contributed by atoms with Crippen LogP contribution >= 0.6 is 0 Å². The van der Waals surface area contributed by atoms with E-state index in [0.29, 0.717) is 39.1 Å². The Bertz CT molecular complexity index is 1820. The van der Waals surface area contributed by atoms with Crippen molar-refractivity contribution in [2.75, 3.05) is 20.8 Å². The van der Waals surface area contributed by atoms with Gasteiger partial charge in [-0.25, -0.2) is 4.79 Å². The largest absolute Gasteiger partial charge is 0.508 e. The monoisotopic (exact) mass is 661 g/mol. The summed E-state index contributed by atoms with van der Waals surface area (Å²) in [5.41, 5.74) is 0.410. The number of ether oxygens (including phenoxy) is 6. The Morgan fingerprint density at radius 2 is 1.77 bits per heavy atom. The number of hydrogen-bond acceptors (Lipinski definition) is 13. The van der Waals surface area contributed by atoms with Crippen molar-refractivity contribution in [1.82, 2.24) is 5.32 Å². The number of cyclic esters (lactones) is 2. The van der Waals surface area contributed by atoms with Crippen molar-refractivity contribution in [2.45, 2.75) is 79.7 Å². The molecule has 3 aliphatic carbocycles. The minimum absolute atomic E-state index is 0.175. The van der Waals surface area contributed by atoms with Crippen LogP contribution in [0.4, 0.5) is 4.79 Å². The number of ketones is 1. The van der Waals surface area contributed by atoms with Crippen molar-refractivity contribution in [1.29, 1.82) is 0 Å². The molecule has 3 saturated heterocycles. The van der Waals surface area contributed by atoms with E-state index in [2.05, 4.69) is 5.32 Å². The Hall–Kier alpha value is -4.11. The highest BCUT2D eigenvalue weighted by atomic mass is 16.8. The molecule has 3 aliphatic heterocycles. The topological polar surface area (TPSA) is 179 Å². The van der Waals surface area contributed by atoms with E-state index in [1.165, 1.54) is 19.3 Å². The number of benzene rings is 2. The number of rotatable bonds is 5. The molecule has 0 amide bonds. The fraction of sp³-hybridized carbons (Fsp3) is 0.457. The van der Waals surface area contributed by atoms with Gasteiger partial charge in [0.05, 0.1) is 25.2 Å². The highest BCUT2D eigenvalue weighted by molar-refractivity contribution is 6.20. The van der Waals surface area contributed by atoms with E-state index >= 15 is 0 Å². The van der Waals surface area contributed by atoms with Gasteiger partial charge >= 0.3 is 12.1 Å². The molecule has 0 bridgehead atoms. The standard InChI is InChI=1S/C35H35NO12/c1-14-9-17(43-4)11-22-18(14)5-6-23(37)35(22)25-19-12-21-16(7-8-34(21,42)24-13-44-33(41)46-24)10-20(19)29(30(25)48-32(35)40)47-31-26(36-3)28(39)27(38)15(2)45-31/h5-12,15,24-31,36,38-39,42H,13H2,1-4H3/t15-,24?,25-,26-,27+,28-,29-,30-,31-,34-,35+/m1/s1. The number of nitrogens with one attached hydrogen (secondary N) is 1. The molecule has 2 aromatic rings. The maximum Gasteiger partial charge on any atom is 0.508 e. The first kappa shape index (κ1) is 31.2. The van der Waals surface area contributed by atoms with E-state index < -0.39 is 83.8 Å². The zero-order chi connectivity index (χ0) is 33.9. The summed E-state index contributed by atoms with van der Waals surface area (Å²) in [6, 6.07) is 6.17. The second-order valence-electron chi connectivity index (χ2n) is 13.2. The first-order valence-corrected chi connectivity index (χ1v) is 15.8. The third-order valence-corrected chi connectivity index (χ3v) is 10.9. The van der Waals surface area contributed by atoms with Crippen LogP contribution in [-0.2, 0) is 44.3 Å². The molecular weight excluding hydrogens is 626 g/mol. The number of carbonyl (C=O) groups is 3. The molecule has 3 fully saturated rings. The molecule has 13 nitrogen and oxygen atoms in total. The van der Waals surface area contributed by atoms with E-state index in [4.69, 9.17) is 28.4 Å². The van der Waals surface area contributed by atoms with Crippen molar-refractivity contribution in [2.24, 2.45) is 0 Å². The summed E-state index contributed by atoms with van der Waals surface area (Å²) in [6.07, 6.45) is -1.95. The van der Waals surface area contributed by atoms with E-state index in [0.717, 1.165) is 5.56 Å². The Kier molecular flexibility index (Phi) is 6.95. The van der Waals surface area contributed by atoms with Gasteiger partial charge in [0.15, 0.2) is 23.6 Å². The molecule has 48 heavy (non-hydrogen) atoms. The minimum Gasteiger partial charge on any atom is -0.497 e. The highest BCUT2D eigenvalue weighted by Crippen LogP contribution is 2.62. The Labute approximate surface area is 275 Å². The Balaban J connectivity index is 1.32. The van der Waals surface area contributed by atoms with Crippen LogP contribution in [0.3, 0.4) is 0 Å². The van der Waals surface area contributed by atoms with Crippen LogP contribution in [0.5, 0.6) is 5.75 Å². The average Bonchev–Trinajstić information content (AvgIpc) is 3.80. The number of carbonyl (C=O) groups excluding carboxylic acids is 3. The van der Waals surface area contributed by atoms with Gasteiger partial charge in [0.2, 0.25) is 0 Å². The summed E-state index contributed by atoms with van der Waals surface area (Å²) in [6.45, 7) is 3.31. The van der Waals surface area contributed by atoms with Crippen LogP contribution in [0.2, 0.25) is 0 Å². The van der Waals surface area contributed by atoms with Gasteiger partial charge in [-0.1, -0.05) is 18.2 Å². The first-order valence-electron chi connectivity index (χ1n) is 15.8. The summed E-state index contributed by atoms with van der Waals surface area (Å²) in [7, 11) is 3.11. The number of aliphatic hydroxyl groups excluding tert-OH is 2. The SMILES string of the molecule is CN[C@H]1[C@@H](O[C@@H]2c3cc4c(cc3[C@@H]3[C@H]2OC(=O)[C@@]32C(=O)C=Cc3c(C)cc(OC)cc32)[C@@](O)(C2COC(=O)O2)C=C4)O[C@H](C)[C@H](O)[C@@H]1O. The van der Waals surface area contributed by atoms with E-state index in [9.17, 15) is 29.7 Å². The molecule has 252 valence electrons. The lowest BCUT2D eigenvalue weighted by atomic mass is 9.62. The lowest BCUT2D eigenvalue weighted by Crippen LogP contribution is -2.62. The van der Waals surface area contributed by atoms with E-state index in [1.54, 1.807) is 44.3 Å². The number of esters is 1. The molecule has 11 atom stereocenters. The summed E-state index contributed by atoms with van der Waals surface area (Å²) in [5, 5.41) is 36.3. The number of hydrogen-bond donors (Lipinski definition) is 4. The predicted molar refractivity (Wildman–Crippen MR) is 165 cm³/mol. The maximum atomic E-state index is 14.3. The Morgan fingerprint density at radius 3 is 2.48 bits per heavy atom. The van der Waals surface area contributed by atoms with Crippen LogP contribution in [0.1, 0.15) is 57.9 Å². The fourth-order valence-corrected chi connectivity index (χ4v) is 8.40. The van der Waals surface area contributed by atoms with Gasteiger partial charge in [-0.2, -0.15) is 0 Å². The summed E-state index contributed by atoms with van der Waals surface area (Å²) >= 11 is 0. The number of aryl methyl sites for hydroxylation is 1. The molecule has 4 N–H and O–H groups in total. The molecule has 6 aliphatic rings. The quantitative estimate of drug-likeness (QED) is 0.267. The number of aliphatic hydroxyl groups is 3. The van der Waals surface area contributed by atoms with E-state index in [-0.39, 0.29) is 6.61 Å². The Morgan fingerprint density at radius 1 is 0.979 bits per heavy atom. The summed E-state index contributed by atoms with van der Waals surface area (Å²) < 4.78 is 34.7. The van der Waals surface area contributed by atoms with Crippen LogP contribution < -0.4 is 10.1 Å². The van der Waals surface area contributed by atoms with Crippen molar-refractivity contribution >= 4 is 30.1 Å². The highest BCUT2D eigenvalue weighted by Gasteiger charge is 2.69. The number of methoxy groups -OCH3 is 1. The van der Waals surface area contributed by atoms with Crippen molar-refractivity contribution in [3.05, 3.63) is 75.4 Å². The average molecular weight is 662 g/mol. The zero-order valence-electron chi connectivity index (χ0n) is 26.5. The lowest BCUT2D eigenvalue weighted by molar-refractivity contribution is -0.281. The number of likely N-dealkylation sites (N-methyl/N-ethyl adjacent to an activating group) is 1. The molecule has 0 saturated carbocycles. The second-order valence-corrected chi connectivity index (χ2v) is 13.2. The van der Waals surface area contributed by atoms with Gasteiger partial charge < -0.3 is 49.1 Å². The van der Waals surface area contributed by atoms with Gasteiger partial charge in [0.25, 0.3) is 0 Å². The minimum atomic E-state index is -1.83. The van der Waals surface area contributed by atoms with Crippen molar-refractivity contribution in [3.63, 3.8) is 0 Å². The molecule has 8 rings (SSSR count). The summed E-state index contributed by atoms with van der Waals surface area (Å²) in [5.74, 6) is -1.71. The predicted octanol–water partition coefficient (Wildman–Crippen LogP) is 1.42. The number of allylic oxidation sites excluding steroid dienone is 1. The normalized spacial score (nSPS) is 38.7. The first-order chi connectivity index (χ1) is 22.9. The van der Waals surface area contributed by atoms with Gasteiger partial charge in [-0.15, -0.1) is 0 Å². The van der Waals surface area contributed by atoms with Crippen LogP contribution in [-0.4, -0.2) is 96.8 Å². The van der Waals surface area contributed by atoms with Gasteiger partial charge in [-0.05, 0) is 90.2 Å². The molecule has 0 radical (unpaired) electrons. The van der Waals surface area contributed by atoms with Crippen LogP contribution in [0.15, 0.2) is 36.4 Å². The third-order valence-electron chi connectivity index (χ3n) is 10.9. The van der Waals surface area contributed by atoms with Crippen molar-refractivity contribution in [3.8, 4) is 5.75 Å². The van der Waals surface area contributed by atoms with Gasteiger partial charge in [0, 0.05) is 0 Å². The van der Waals surface area contributed by atoms with Crippen LogP contribution in [0, 0.1) is 6.92 Å². The van der Waals surface area contributed by atoms with Crippen molar-refractivity contribution < 1.29 is 58.1 Å². The molecule has 1 spiro atoms. The van der Waals surface area contributed by atoms with Crippen LogP contribution in [0.25, 0.3) is 12.2 Å².